The molecule has 108 valence electrons. The number of aryl methyl sites for hydroxylation is 2. The van der Waals surface area contributed by atoms with E-state index in [1.807, 2.05) is 12.1 Å². The minimum atomic E-state index is 0.774. The second-order valence-corrected chi connectivity index (χ2v) is 6.19. The normalized spacial score (nSPS) is 11.2. The van der Waals surface area contributed by atoms with Gasteiger partial charge in [0.15, 0.2) is 5.76 Å². The minimum absolute atomic E-state index is 0.774. The summed E-state index contributed by atoms with van der Waals surface area (Å²) in [4.78, 5) is 9.83. The van der Waals surface area contributed by atoms with Crippen LogP contribution in [0.1, 0.15) is 11.1 Å². The van der Waals surface area contributed by atoms with E-state index in [1.165, 1.54) is 16.7 Å². The predicted molar refractivity (Wildman–Crippen MR) is 90.0 cm³/mol. The number of hydrogen-bond acceptors (Lipinski definition) is 4. The van der Waals surface area contributed by atoms with Gasteiger partial charge in [-0.3, -0.25) is 0 Å². The van der Waals surface area contributed by atoms with Crippen LogP contribution in [0.5, 0.6) is 0 Å². The average Bonchev–Trinajstić information content (AvgIpc) is 3.18. The molecule has 0 aliphatic heterocycles. The number of rotatable bonds is 2. The van der Waals surface area contributed by atoms with E-state index in [-0.39, 0.29) is 0 Å². The lowest BCUT2D eigenvalue weighted by molar-refractivity contribution is 0.580. The molecule has 0 saturated heterocycles. The van der Waals surface area contributed by atoms with Crippen LogP contribution >= 0.6 is 11.3 Å². The van der Waals surface area contributed by atoms with Gasteiger partial charge in [-0.15, -0.1) is 11.3 Å². The summed E-state index contributed by atoms with van der Waals surface area (Å²) < 4.78 is 5.55. The van der Waals surface area contributed by atoms with E-state index >= 15 is 0 Å². The number of thiophene rings is 1. The van der Waals surface area contributed by atoms with Gasteiger partial charge >= 0.3 is 0 Å². The maximum atomic E-state index is 5.55. The summed E-state index contributed by atoms with van der Waals surface area (Å²) in [6.45, 7) is 4.26. The molecule has 22 heavy (non-hydrogen) atoms. The quantitative estimate of drug-likeness (QED) is 0.508. The predicted octanol–water partition coefficient (Wildman–Crippen LogP) is 5.24. The number of aromatic nitrogens is 2. The van der Waals surface area contributed by atoms with Crippen molar-refractivity contribution in [2.24, 2.45) is 0 Å². The fourth-order valence-electron chi connectivity index (χ4n) is 2.60. The number of fused-ring (bicyclic) bond motifs is 1. The molecule has 0 radical (unpaired) electrons. The smallest absolute Gasteiger partial charge is 0.153 e. The van der Waals surface area contributed by atoms with Gasteiger partial charge in [0, 0.05) is 16.3 Å². The molecule has 4 rings (SSSR count). The van der Waals surface area contributed by atoms with Crippen LogP contribution in [0.25, 0.3) is 32.8 Å². The average molecular weight is 306 g/mol. The topological polar surface area (TPSA) is 38.9 Å². The largest absolute Gasteiger partial charge is 0.463 e. The molecule has 0 bridgehead atoms. The molecule has 0 unspecified atom stereocenters. The van der Waals surface area contributed by atoms with Gasteiger partial charge in [0.1, 0.15) is 16.9 Å². The van der Waals surface area contributed by atoms with Gasteiger partial charge in [-0.2, -0.15) is 0 Å². The van der Waals surface area contributed by atoms with Crippen molar-refractivity contribution >= 4 is 21.6 Å². The van der Waals surface area contributed by atoms with Gasteiger partial charge in [0.25, 0.3) is 0 Å². The molecule has 0 spiro atoms. The lowest BCUT2D eigenvalue weighted by Crippen LogP contribution is -1.87. The van der Waals surface area contributed by atoms with Crippen molar-refractivity contribution in [2.75, 3.05) is 0 Å². The standard InChI is InChI=1S/C18H14N2OS/c1-11-5-6-13(8-12(11)2)14-9-22-18-16(14)17(19-10-20-18)15-4-3-7-21-15/h3-10H,1-2H3. The third-order valence-electron chi connectivity index (χ3n) is 3.94. The first-order chi connectivity index (χ1) is 10.7. The van der Waals surface area contributed by atoms with Crippen LogP contribution in [0.2, 0.25) is 0 Å². The molecule has 3 aromatic heterocycles. The molecule has 0 saturated carbocycles. The summed E-state index contributed by atoms with van der Waals surface area (Å²) in [6, 6.07) is 10.3. The molecule has 1 aromatic carbocycles. The molecule has 0 aliphatic rings. The molecule has 0 N–H and O–H groups in total. The van der Waals surface area contributed by atoms with Gasteiger partial charge < -0.3 is 4.42 Å². The summed E-state index contributed by atoms with van der Waals surface area (Å²) in [6.07, 6.45) is 3.27. The molecule has 0 aliphatic carbocycles. The zero-order chi connectivity index (χ0) is 15.1. The summed E-state index contributed by atoms with van der Waals surface area (Å²) in [5.74, 6) is 0.774. The fourth-order valence-corrected chi connectivity index (χ4v) is 3.51. The maximum absolute atomic E-state index is 5.55. The van der Waals surface area contributed by atoms with Gasteiger partial charge in [0.05, 0.1) is 6.26 Å². The molecule has 4 heteroatoms. The molecule has 0 fully saturated rings. The fraction of sp³-hybridized carbons (Fsp3) is 0.111. The molecular weight excluding hydrogens is 292 g/mol. The maximum Gasteiger partial charge on any atom is 0.153 e. The lowest BCUT2D eigenvalue weighted by Gasteiger charge is -2.06. The highest BCUT2D eigenvalue weighted by atomic mass is 32.1. The summed E-state index contributed by atoms with van der Waals surface area (Å²) in [5.41, 5.74) is 5.79. The third-order valence-corrected chi connectivity index (χ3v) is 4.83. The summed E-state index contributed by atoms with van der Waals surface area (Å²) in [7, 11) is 0. The van der Waals surface area contributed by atoms with Crippen molar-refractivity contribution in [3.63, 3.8) is 0 Å². The van der Waals surface area contributed by atoms with Crippen molar-refractivity contribution < 1.29 is 4.42 Å². The van der Waals surface area contributed by atoms with Crippen molar-refractivity contribution in [3.05, 3.63) is 59.4 Å². The van der Waals surface area contributed by atoms with Crippen LogP contribution in [0.4, 0.5) is 0 Å². The molecular formula is C18H14N2OS. The van der Waals surface area contributed by atoms with E-state index < -0.39 is 0 Å². The Bertz CT molecular complexity index is 955. The third kappa shape index (κ3) is 2.04. The highest BCUT2D eigenvalue weighted by Crippen LogP contribution is 2.38. The van der Waals surface area contributed by atoms with E-state index in [0.717, 1.165) is 27.2 Å². The highest BCUT2D eigenvalue weighted by molar-refractivity contribution is 7.17. The first-order valence-electron chi connectivity index (χ1n) is 7.08. The van der Waals surface area contributed by atoms with Crippen molar-refractivity contribution in [2.45, 2.75) is 13.8 Å². The number of benzene rings is 1. The van der Waals surface area contributed by atoms with Crippen molar-refractivity contribution in [1.82, 2.24) is 9.97 Å². The second kappa shape index (κ2) is 5.07. The molecule has 0 atom stereocenters. The SMILES string of the molecule is Cc1ccc(-c2csc3ncnc(-c4ccco4)c23)cc1C. The zero-order valence-corrected chi connectivity index (χ0v) is 13.1. The van der Waals surface area contributed by atoms with Crippen molar-refractivity contribution in [1.29, 1.82) is 0 Å². The molecule has 3 nitrogen and oxygen atoms in total. The Kier molecular flexibility index (Phi) is 3.05. The van der Waals surface area contributed by atoms with Crippen LogP contribution in [0.15, 0.2) is 52.7 Å². The Morgan fingerprint density at radius 1 is 1.05 bits per heavy atom. The molecule has 4 aromatic rings. The summed E-state index contributed by atoms with van der Waals surface area (Å²) >= 11 is 1.64. The summed E-state index contributed by atoms with van der Waals surface area (Å²) in [5, 5.41) is 3.21. The number of nitrogens with zero attached hydrogens (tertiary/aromatic N) is 2. The van der Waals surface area contributed by atoms with Crippen LogP contribution in [0, 0.1) is 13.8 Å². The van der Waals surface area contributed by atoms with Crippen molar-refractivity contribution in [3.8, 4) is 22.6 Å². The number of furan rings is 1. The van der Waals surface area contributed by atoms with Gasteiger partial charge in [-0.1, -0.05) is 18.2 Å². The monoisotopic (exact) mass is 306 g/mol. The van der Waals surface area contributed by atoms with Crippen LogP contribution in [-0.4, -0.2) is 9.97 Å². The Morgan fingerprint density at radius 2 is 1.95 bits per heavy atom. The van der Waals surface area contributed by atoms with E-state index in [1.54, 1.807) is 23.9 Å². The van der Waals surface area contributed by atoms with Gasteiger partial charge in [-0.25, -0.2) is 9.97 Å². The van der Waals surface area contributed by atoms with Crippen LogP contribution in [0.3, 0.4) is 0 Å². The molecule has 3 heterocycles. The molecule has 0 amide bonds. The Balaban J connectivity index is 2.01. The zero-order valence-electron chi connectivity index (χ0n) is 12.3. The van der Waals surface area contributed by atoms with E-state index in [4.69, 9.17) is 4.42 Å². The van der Waals surface area contributed by atoms with E-state index in [0.29, 0.717) is 0 Å². The van der Waals surface area contributed by atoms with E-state index in [9.17, 15) is 0 Å². The Morgan fingerprint density at radius 3 is 2.73 bits per heavy atom. The highest BCUT2D eigenvalue weighted by Gasteiger charge is 2.16. The van der Waals surface area contributed by atoms with Crippen LogP contribution < -0.4 is 0 Å². The minimum Gasteiger partial charge on any atom is -0.463 e. The van der Waals surface area contributed by atoms with Crippen LogP contribution in [-0.2, 0) is 0 Å². The second-order valence-electron chi connectivity index (χ2n) is 5.33. The van der Waals surface area contributed by atoms with E-state index in [2.05, 4.69) is 47.4 Å². The lowest BCUT2D eigenvalue weighted by atomic mass is 9.99. The first-order valence-corrected chi connectivity index (χ1v) is 7.95. The van der Waals surface area contributed by atoms with Gasteiger partial charge in [-0.05, 0) is 42.7 Å². The Hall–Kier alpha value is -2.46. The first kappa shape index (κ1) is 13.2. The van der Waals surface area contributed by atoms with Gasteiger partial charge in [0.2, 0.25) is 0 Å². The number of hydrogen-bond donors (Lipinski definition) is 0. The Labute approximate surface area is 132 Å².